The van der Waals surface area contributed by atoms with E-state index in [0.29, 0.717) is 24.6 Å². The number of anilines is 1. The Bertz CT molecular complexity index is 634. The molecular formula is C16H17BrN2O3. The summed E-state index contributed by atoms with van der Waals surface area (Å²) in [6.45, 7) is 0.796. The molecule has 2 N–H and O–H groups in total. The second-order valence-electron chi connectivity index (χ2n) is 4.42. The van der Waals surface area contributed by atoms with Gasteiger partial charge in [0.1, 0.15) is 18.1 Å². The second-order valence-corrected chi connectivity index (χ2v) is 5.33. The first-order valence-corrected chi connectivity index (χ1v) is 7.54. The van der Waals surface area contributed by atoms with Crippen molar-refractivity contribution in [2.45, 2.75) is 0 Å². The van der Waals surface area contributed by atoms with Gasteiger partial charge in [0.2, 0.25) is 0 Å². The van der Waals surface area contributed by atoms with Gasteiger partial charge in [0.05, 0.1) is 13.7 Å². The quantitative estimate of drug-likeness (QED) is 0.769. The van der Waals surface area contributed by atoms with E-state index in [9.17, 15) is 4.79 Å². The van der Waals surface area contributed by atoms with Crippen LogP contribution in [-0.4, -0.2) is 26.3 Å². The van der Waals surface area contributed by atoms with Crippen molar-refractivity contribution in [1.82, 2.24) is 5.32 Å². The average molecular weight is 365 g/mol. The highest BCUT2D eigenvalue weighted by atomic mass is 79.9. The van der Waals surface area contributed by atoms with Gasteiger partial charge in [-0.3, -0.25) is 0 Å². The number of nitrogens with one attached hydrogen (secondary N) is 2. The summed E-state index contributed by atoms with van der Waals surface area (Å²) in [5.41, 5.74) is 0.671. The minimum Gasteiger partial charge on any atom is -0.497 e. The van der Waals surface area contributed by atoms with Gasteiger partial charge in [0.15, 0.2) is 0 Å². The molecule has 0 aromatic heterocycles. The van der Waals surface area contributed by atoms with Gasteiger partial charge in [-0.2, -0.15) is 0 Å². The van der Waals surface area contributed by atoms with Crippen LogP contribution >= 0.6 is 15.9 Å². The van der Waals surface area contributed by atoms with Crippen molar-refractivity contribution in [3.8, 4) is 11.5 Å². The molecule has 0 saturated heterocycles. The number of amides is 2. The molecule has 0 heterocycles. The topological polar surface area (TPSA) is 59.6 Å². The molecule has 0 aliphatic carbocycles. The fraction of sp³-hybridized carbons (Fsp3) is 0.188. The molecule has 0 aliphatic heterocycles. The molecule has 0 unspecified atom stereocenters. The number of methoxy groups -OCH3 is 1. The molecule has 2 aromatic carbocycles. The molecule has 116 valence electrons. The first kappa shape index (κ1) is 16.2. The minimum atomic E-state index is -0.286. The molecule has 0 fully saturated rings. The minimum absolute atomic E-state index is 0.286. The van der Waals surface area contributed by atoms with E-state index in [0.717, 1.165) is 10.2 Å². The summed E-state index contributed by atoms with van der Waals surface area (Å²) >= 11 is 3.37. The maximum absolute atomic E-state index is 11.8. The van der Waals surface area contributed by atoms with E-state index in [1.807, 2.05) is 36.4 Å². The normalized spacial score (nSPS) is 9.91. The zero-order chi connectivity index (χ0) is 15.8. The molecule has 22 heavy (non-hydrogen) atoms. The fourth-order valence-electron chi connectivity index (χ4n) is 1.77. The SMILES string of the molecule is COc1cccc(NC(=O)NCCOc2cccc(Br)c2)c1. The van der Waals surface area contributed by atoms with Crippen LogP contribution in [0, 0.1) is 0 Å². The summed E-state index contributed by atoms with van der Waals surface area (Å²) < 4.78 is 11.6. The second kappa shape index (κ2) is 8.29. The molecule has 2 amide bonds. The number of urea groups is 1. The van der Waals surface area contributed by atoms with Crippen LogP contribution in [-0.2, 0) is 0 Å². The largest absolute Gasteiger partial charge is 0.497 e. The van der Waals surface area contributed by atoms with Gasteiger partial charge in [-0.1, -0.05) is 28.1 Å². The van der Waals surface area contributed by atoms with Gasteiger partial charge >= 0.3 is 6.03 Å². The van der Waals surface area contributed by atoms with Gasteiger partial charge in [-0.25, -0.2) is 4.79 Å². The molecule has 5 nitrogen and oxygen atoms in total. The zero-order valence-electron chi connectivity index (χ0n) is 12.1. The Morgan fingerprint density at radius 3 is 2.68 bits per heavy atom. The molecule has 0 spiro atoms. The summed E-state index contributed by atoms with van der Waals surface area (Å²) in [7, 11) is 1.58. The molecule has 0 bridgehead atoms. The van der Waals surface area contributed by atoms with E-state index in [1.54, 1.807) is 19.2 Å². The van der Waals surface area contributed by atoms with Gasteiger partial charge in [-0.05, 0) is 30.3 Å². The van der Waals surface area contributed by atoms with Crippen molar-refractivity contribution in [2.24, 2.45) is 0 Å². The van der Waals surface area contributed by atoms with Crippen molar-refractivity contribution in [1.29, 1.82) is 0 Å². The number of hydrogen-bond donors (Lipinski definition) is 2. The van der Waals surface area contributed by atoms with Crippen LogP contribution in [0.15, 0.2) is 53.0 Å². The third-order valence-electron chi connectivity index (χ3n) is 2.78. The van der Waals surface area contributed by atoms with E-state index < -0.39 is 0 Å². The van der Waals surface area contributed by atoms with Gasteiger partial charge < -0.3 is 20.1 Å². The standard InChI is InChI=1S/C16H17BrN2O3/c1-21-14-6-3-5-13(11-14)19-16(20)18-8-9-22-15-7-2-4-12(17)10-15/h2-7,10-11H,8-9H2,1H3,(H2,18,19,20). The molecular weight excluding hydrogens is 348 g/mol. The van der Waals surface area contributed by atoms with Crippen LogP contribution in [0.2, 0.25) is 0 Å². The lowest BCUT2D eigenvalue weighted by atomic mass is 10.3. The van der Waals surface area contributed by atoms with Crippen molar-refractivity contribution in [2.75, 3.05) is 25.6 Å². The van der Waals surface area contributed by atoms with E-state index in [-0.39, 0.29) is 6.03 Å². The Labute approximate surface area is 137 Å². The smallest absolute Gasteiger partial charge is 0.319 e. The monoisotopic (exact) mass is 364 g/mol. The molecule has 2 rings (SSSR count). The number of ether oxygens (including phenoxy) is 2. The Morgan fingerprint density at radius 2 is 1.91 bits per heavy atom. The zero-order valence-corrected chi connectivity index (χ0v) is 13.7. The summed E-state index contributed by atoms with van der Waals surface area (Å²) in [4.78, 5) is 11.8. The molecule has 0 atom stereocenters. The third kappa shape index (κ3) is 5.29. The van der Waals surface area contributed by atoms with E-state index >= 15 is 0 Å². The molecule has 2 aromatic rings. The lowest BCUT2D eigenvalue weighted by Crippen LogP contribution is -2.32. The lowest BCUT2D eigenvalue weighted by molar-refractivity contribution is 0.247. The number of halogens is 1. The van der Waals surface area contributed by atoms with Crippen LogP contribution in [0.3, 0.4) is 0 Å². The Hall–Kier alpha value is -2.21. The Morgan fingerprint density at radius 1 is 1.14 bits per heavy atom. The predicted molar refractivity (Wildman–Crippen MR) is 89.7 cm³/mol. The average Bonchev–Trinajstić information content (AvgIpc) is 2.52. The van der Waals surface area contributed by atoms with Gasteiger partial charge in [-0.15, -0.1) is 0 Å². The highest BCUT2D eigenvalue weighted by Crippen LogP contribution is 2.17. The number of benzene rings is 2. The van der Waals surface area contributed by atoms with Crippen LogP contribution < -0.4 is 20.1 Å². The highest BCUT2D eigenvalue weighted by molar-refractivity contribution is 9.10. The summed E-state index contributed by atoms with van der Waals surface area (Å²) in [5.74, 6) is 1.44. The summed E-state index contributed by atoms with van der Waals surface area (Å²) in [6, 6.07) is 14.4. The predicted octanol–water partition coefficient (Wildman–Crippen LogP) is 3.66. The summed E-state index contributed by atoms with van der Waals surface area (Å²) in [6.07, 6.45) is 0. The van der Waals surface area contributed by atoms with Crippen LogP contribution in [0.25, 0.3) is 0 Å². The van der Waals surface area contributed by atoms with Crippen LogP contribution in [0.1, 0.15) is 0 Å². The molecule has 6 heteroatoms. The van der Waals surface area contributed by atoms with Crippen molar-refractivity contribution in [3.63, 3.8) is 0 Å². The third-order valence-corrected chi connectivity index (χ3v) is 3.27. The molecule has 0 aliphatic rings. The first-order valence-electron chi connectivity index (χ1n) is 6.74. The van der Waals surface area contributed by atoms with Crippen LogP contribution in [0.4, 0.5) is 10.5 Å². The Balaban J connectivity index is 1.71. The van der Waals surface area contributed by atoms with Gasteiger partial charge in [0, 0.05) is 16.2 Å². The lowest BCUT2D eigenvalue weighted by Gasteiger charge is -2.10. The first-order chi connectivity index (χ1) is 10.7. The van der Waals surface area contributed by atoms with Crippen molar-refractivity contribution >= 4 is 27.6 Å². The fourth-order valence-corrected chi connectivity index (χ4v) is 2.14. The Kier molecular flexibility index (Phi) is 6.09. The molecule has 0 radical (unpaired) electrons. The number of hydrogen-bond acceptors (Lipinski definition) is 3. The molecule has 0 saturated carbocycles. The van der Waals surface area contributed by atoms with Gasteiger partial charge in [0.25, 0.3) is 0 Å². The number of rotatable bonds is 6. The van der Waals surface area contributed by atoms with Crippen LogP contribution in [0.5, 0.6) is 11.5 Å². The highest BCUT2D eigenvalue weighted by Gasteiger charge is 2.02. The van der Waals surface area contributed by atoms with Crippen molar-refractivity contribution in [3.05, 3.63) is 53.0 Å². The van der Waals surface area contributed by atoms with E-state index in [2.05, 4.69) is 26.6 Å². The van der Waals surface area contributed by atoms with E-state index in [1.165, 1.54) is 0 Å². The van der Waals surface area contributed by atoms with E-state index in [4.69, 9.17) is 9.47 Å². The maximum atomic E-state index is 11.8. The number of carbonyl (C=O) groups excluding carboxylic acids is 1. The number of carbonyl (C=O) groups is 1. The summed E-state index contributed by atoms with van der Waals surface area (Å²) in [5, 5.41) is 5.46. The maximum Gasteiger partial charge on any atom is 0.319 e. The van der Waals surface area contributed by atoms with Crippen molar-refractivity contribution < 1.29 is 14.3 Å².